The molecule has 1 fully saturated rings. The van der Waals surface area contributed by atoms with E-state index >= 15 is 0 Å². The fourth-order valence-electron chi connectivity index (χ4n) is 1.86. The third-order valence-electron chi connectivity index (χ3n) is 2.96. The van der Waals surface area contributed by atoms with Crippen LogP contribution in [0.2, 0.25) is 10.0 Å². The summed E-state index contributed by atoms with van der Waals surface area (Å²) in [7, 11) is 0. The zero-order chi connectivity index (χ0) is 14.1. The minimum atomic E-state index is 0.513. The van der Waals surface area contributed by atoms with Crippen LogP contribution in [0.25, 0.3) is 0 Å². The van der Waals surface area contributed by atoms with Crippen LogP contribution in [-0.2, 0) is 0 Å². The van der Waals surface area contributed by atoms with Gasteiger partial charge in [0.2, 0.25) is 0 Å². The van der Waals surface area contributed by atoms with Crippen molar-refractivity contribution < 1.29 is 0 Å². The minimum absolute atomic E-state index is 0.513. The Morgan fingerprint density at radius 1 is 1.05 bits per heavy atom. The van der Waals surface area contributed by atoms with Crippen molar-refractivity contribution in [3.05, 3.63) is 40.1 Å². The molecule has 2 N–H and O–H groups in total. The molecule has 1 aromatic carbocycles. The van der Waals surface area contributed by atoms with E-state index < -0.39 is 0 Å². The molecule has 1 aliphatic carbocycles. The molecule has 0 unspecified atom stereocenters. The number of benzene rings is 1. The van der Waals surface area contributed by atoms with Crippen molar-refractivity contribution in [1.29, 1.82) is 0 Å². The molecule has 1 heterocycles. The monoisotopic (exact) mass is 308 g/mol. The fourth-order valence-corrected chi connectivity index (χ4v) is 2.16. The maximum atomic E-state index is 6.00. The van der Waals surface area contributed by atoms with E-state index in [4.69, 9.17) is 23.2 Å². The molecule has 1 aromatic heterocycles. The molecule has 20 heavy (non-hydrogen) atoms. The summed E-state index contributed by atoms with van der Waals surface area (Å²) in [5.41, 5.74) is 0.842. The first-order valence-electron chi connectivity index (χ1n) is 6.44. The van der Waals surface area contributed by atoms with Crippen molar-refractivity contribution in [2.75, 3.05) is 10.6 Å². The first-order valence-corrected chi connectivity index (χ1v) is 7.20. The molecular formula is C14H14Cl2N4. The molecule has 1 aliphatic rings. The van der Waals surface area contributed by atoms with E-state index in [9.17, 15) is 0 Å². The Kier molecular flexibility index (Phi) is 3.68. The summed E-state index contributed by atoms with van der Waals surface area (Å²) in [6.07, 6.45) is 2.41. The van der Waals surface area contributed by atoms with E-state index in [2.05, 4.69) is 20.6 Å². The highest BCUT2D eigenvalue weighted by atomic mass is 35.5. The molecule has 0 amide bonds. The van der Waals surface area contributed by atoms with Crippen LogP contribution in [0.3, 0.4) is 0 Å². The summed E-state index contributed by atoms with van der Waals surface area (Å²) in [5, 5.41) is 7.62. The van der Waals surface area contributed by atoms with Crippen molar-refractivity contribution in [2.24, 2.45) is 0 Å². The van der Waals surface area contributed by atoms with Crippen LogP contribution >= 0.6 is 23.2 Å². The topological polar surface area (TPSA) is 49.8 Å². The number of rotatable bonds is 4. The first-order chi connectivity index (χ1) is 9.60. The molecule has 0 aliphatic heterocycles. The van der Waals surface area contributed by atoms with Crippen molar-refractivity contribution >= 4 is 40.5 Å². The largest absolute Gasteiger partial charge is 0.367 e. The van der Waals surface area contributed by atoms with Crippen LogP contribution in [0.1, 0.15) is 18.7 Å². The molecule has 4 nitrogen and oxygen atoms in total. The molecule has 1 saturated carbocycles. The van der Waals surface area contributed by atoms with E-state index in [1.54, 1.807) is 12.1 Å². The van der Waals surface area contributed by atoms with Gasteiger partial charge < -0.3 is 10.6 Å². The number of hydrogen-bond donors (Lipinski definition) is 2. The summed E-state index contributed by atoms with van der Waals surface area (Å²) in [5.74, 6) is 2.31. The van der Waals surface area contributed by atoms with Crippen molar-refractivity contribution in [3.8, 4) is 0 Å². The van der Waals surface area contributed by atoms with Gasteiger partial charge in [-0.25, -0.2) is 9.97 Å². The van der Waals surface area contributed by atoms with Crippen molar-refractivity contribution in [3.63, 3.8) is 0 Å². The lowest BCUT2D eigenvalue weighted by atomic mass is 10.3. The van der Waals surface area contributed by atoms with Gasteiger partial charge >= 0.3 is 0 Å². The second kappa shape index (κ2) is 5.46. The van der Waals surface area contributed by atoms with E-state index in [-0.39, 0.29) is 0 Å². The van der Waals surface area contributed by atoms with Gasteiger partial charge in [0.05, 0.1) is 10.0 Å². The molecule has 6 heteroatoms. The van der Waals surface area contributed by atoms with Crippen molar-refractivity contribution in [1.82, 2.24) is 9.97 Å². The Morgan fingerprint density at radius 3 is 2.50 bits per heavy atom. The smallest absolute Gasteiger partial charge is 0.136 e. The van der Waals surface area contributed by atoms with Gasteiger partial charge in [-0.15, -0.1) is 0 Å². The van der Waals surface area contributed by atoms with Gasteiger partial charge in [0.15, 0.2) is 0 Å². The Labute approximate surface area is 127 Å². The summed E-state index contributed by atoms with van der Waals surface area (Å²) < 4.78 is 0. The zero-order valence-corrected chi connectivity index (χ0v) is 12.5. The molecule has 0 radical (unpaired) electrons. The molecule has 0 spiro atoms. The molecule has 0 bridgehead atoms. The average molecular weight is 309 g/mol. The summed E-state index contributed by atoms with van der Waals surface area (Å²) >= 11 is 11.9. The fraction of sp³-hybridized carbons (Fsp3) is 0.286. The number of halogens is 2. The predicted octanol–water partition coefficient (Wildman–Crippen LogP) is 4.41. The van der Waals surface area contributed by atoms with Crippen molar-refractivity contribution in [2.45, 2.75) is 25.8 Å². The zero-order valence-electron chi connectivity index (χ0n) is 11.0. The van der Waals surface area contributed by atoms with Gasteiger partial charge in [0.25, 0.3) is 0 Å². The normalized spacial score (nSPS) is 14.2. The van der Waals surface area contributed by atoms with E-state index in [1.165, 1.54) is 12.8 Å². The molecule has 104 valence electrons. The van der Waals surface area contributed by atoms with Crippen LogP contribution in [0.15, 0.2) is 24.3 Å². The summed E-state index contributed by atoms with van der Waals surface area (Å²) in [6, 6.07) is 7.84. The number of aryl methyl sites for hydroxylation is 1. The molecule has 3 rings (SSSR count). The van der Waals surface area contributed by atoms with Crippen LogP contribution < -0.4 is 10.6 Å². The summed E-state index contributed by atoms with van der Waals surface area (Å²) in [4.78, 5) is 8.75. The summed E-state index contributed by atoms with van der Waals surface area (Å²) in [6.45, 7) is 1.87. The minimum Gasteiger partial charge on any atom is -0.367 e. The Bertz CT molecular complexity index is 641. The Hall–Kier alpha value is -1.52. The quantitative estimate of drug-likeness (QED) is 0.878. The van der Waals surface area contributed by atoms with Gasteiger partial charge in [0, 0.05) is 17.8 Å². The standard InChI is InChI=1S/C14H14Cl2N4/c1-8-17-13(19-9-2-3-9)7-14(18-8)20-10-4-5-11(15)12(16)6-10/h4-7,9H,2-3H2,1H3,(H2,17,18,19,20). The Morgan fingerprint density at radius 2 is 1.80 bits per heavy atom. The van der Waals surface area contributed by atoms with E-state index in [0.29, 0.717) is 16.1 Å². The number of nitrogens with zero attached hydrogens (tertiary/aromatic N) is 2. The highest BCUT2D eigenvalue weighted by Crippen LogP contribution is 2.28. The van der Waals surface area contributed by atoms with Crippen LogP contribution in [-0.4, -0.2) is 16.0 Å². The van der Waals surface area contributed by atoms with Crippen LogP contribution in [0.5, 0.6) is 0 Å². The molecule has 2 aromatic rings. The third kappa shape index (κ3) is 3.32. The molecule has 0 atom stereocenters. The predicted molar refractivity (Wildman–Crippen MR) is 83.2 cm³/mol. The van der Waals surface area contributed by atoms with Gasteiger partial charge in [-0.05, 0) is 38.0 Å². The highest BCUT2D eigenvalue weighted by molar-refractivity contribution is 6.42. The van der Waals surface area contributed by atoms with Gasteiger partial charge in [-0.2, -0.15) is 0 Å². The van der Waals surface area contributed by atoms with Crippen LogP contribution in [0.4, 0.5) is 17.3 Å². The molecule has 0 saturated heterocycles. The average Bonchev–Trinajstić information content (AvgIpc) is 3.17. The molecular weight excluding hydrogens is 295 g/mol. The number of aromatic nitrogens is 2. The second-order valence-electron chi connectivity index (χ2n) is 4.86. The van der Waals surface area contributed by atoms with Gasteiger partial charge in [-0.3, -0.25) is 0 Å². The SMILES string of the molecule is Cc1nc(Nc2ccc(Cl)c(Cl)c2)cc(NC2CC2)n1. The van der Waals surface area contributed by atoms with Crippen LogP contribution in [0, 0.1) is 6.92 Å². The lowest BCUT2D eigenvalue weighted by Crippen LogP contribution is -2.06. The van der Waals surface area contributed by atoms with E-state index in [1.807, 2.05) is 19.1 Å². The van der Waals surface area contributed by atoms with Gasteiger partial charge in [-0.1, -0.05) is 23.2 Å². The number of hydrogen-bond acceptors (Lipinski definition) is 4. The number of nitrogens with one attached hydrogen (secondary N) is 2. The third-order valence-corrected chi connectivity index (χ3v) is 3.70. The number of anilines is 3. The second-order valence-corrected chi connectivity index (χ2v) is 5.67. The lowest BCUT2D eigenvalue weighted by molar-refractivity contribution is 1.02. The lowest BCUT2D eigenvalue weighted by Gasteiger charge is -2.10. The maximum Gasteiger partial charge on any atom is 0.136 e. The highest BCUT2D eigenvalue weighted by Gasteiger charge is 2.21. The maximum absolute atomic E-state index is 6.00. The Balaban J connectivity index is 1.81. The van der Waals surface area contributed by atoms with E-state index in [0.717, 1.165) is 23.1 Å². The first kappa shape index (κ1) is 13.5. The van der Waals surface area contributed by atoms with Gasteiger partial charge in [0.1, 0.15) is 17.5 Å².